The average Bonchev–Trinajstić information content (AvgIpc) is 2.98. The molecule has 0 unspecified atom stereocenters. The van der Waals surface area contributed by atoms with Gasteiger partial charge >= 0.3 is 0 Å². The third kappa shape index (κ3) is 4.78. The van der Waals surface area contributed by atoms with E-state index in [0.29, 0.717) is 6.42 Å². The number of sulfonamides is 2. The van der Waals surface area contributed by atoms with E-state index in [4.69, 9.17) is 0 Å². The molecular weight excluding hydrogens is 348 g/mol. The summed E-state index contributed by atoms with van der Waals surface area (Å²) in [5, 5.41) is 0. The molecular formula is C16H26N2O4S2. The van der Waals surface area contributed by atoms with Crippen LogP contribution < -0.4 is 9.44 Å². The summed E-state index contributed by atoms with van der Waals surface area (Å²) in [6, 6.07) is 5.31. The van der Waals surface area contributed by atoms with Gasteiger partial charge in [-0.2, -0.15) is 0 Å². The molecule has 0 radical (unpaired) electrons. The fourth-order valence-corrected chi connectivity index (χ4v) is 5.41. The summed E-state index contributed by atoms with van der Waals surface area (Å²) in [5.74, 6) is 0. The Bertz CT molecular complexity index is 763. The first-order valence-corrected chi connectivity index (χ1v) is 11.2. The molecule has 1 aromatic carbocycles. The Morgan fingerprint density at radius 2 is 1.42 bits per heavy atom. The molecule has 1 aliphatic carbocycles. The molecule has 0 amide bonds. The van der Waals surface area contributed by atoms with Crippen LogP contribution in [0.5, 0.6) is 0 Å². The fourth-order valence-electron chi connectivity index (χ4n) is 2.62. The molecule has 2 N–H and O–H groups in total. The summed E-state index contributed by atoms with van der Waals surface area (Å²) >= 11 is 0. The van der Waals surface area contributed by atoms with Crippen LogP contribution in [-0.2, 0) is 20.0 Å². The third-order valence-electron chi connectivity index (χ3n) is 4.42. The van der Waals surface area contributed by atoms with Gasteiger partial charge in [0.25, 0.3) is 0 Å². The van der Waals surface area contributed by atoms with Crippen LogP contribution in [-0.4, -0.2) is 28.4 Å². The van der Waals surface area contributed by atoms with Gasteiger partial charge in [0, 0.05) is 11.6 Å². The highest BCUT2D eigenvalue weighted by Gasteiger charge is 2.26. The van der Waals surface area contributed by atoms with E-state index in [1.165, 1.54) is 24.3 Å². The Hall–Kier alpha value is -0.960. The predicted molar refractivity (Wildman–Crippen MR) is 93.7 cm³/mol. The van der Waals surface area contributed by atoms with Gasteiger partial charge in [0.2, 0.25) is 20.0 Å². The van der Waals surface area contributed by atoms with E-state index in [-0.39, 0.29) is 15.8 Å². The Kier molecular flexibility index (Phi) is 5.74. The molecule has 1 aromatic rings. The van der Waals surface area contributed by atoms with E-state index < -0.39 is 25.6 Å². The van der Waals surface area contributed by atoms with Crippen molar-refractivity contribution < 1.29 is 16.8 Å². The summed E-state index contributed by atoms with van der Waals surface area (Å²) in [6.45, 7) is 5.50. The Balaban J connectivity index is 2.18. The average molecular weight is 375 g/mol. The summed E-state index contributed by atoms with van der Waals surface area (Å²) in [7, 11) is -7.29. The molecule has 1 saturated carbocycles. The van der Waals surface area contributed by atoms with Gasteiger partial charge in [0.15, 0.2) is 0 Å². The number of nitrogens with one attached hydrogen (secondary N) is 2. The third-order valence-corrected chi connectivity index (χ3v) is 7.67. The SMILES string of the molecule is CCC(C)(C)NS(=O)(=O)c1ccc(S(=O)(=O)NC2CCCC2)cc1. The molecule has 2 rings (SSSR count). The van der Waals surface area contributed by atoms with Gasteiger partial charge < -0.3 is 0 Å². The van der Waals surface area contributed by atoms with Crippen molar-refractivity contribution in [3.63, 3.8) is 0 Å². The summed E-state index contributed by atoms with van der Waals surface area (Å²) < 4.78 is 54.7. The van der Waals surface area contributed by atoms with E-state index in [9.17, 15) is 16.8 Å². The molecule has 0 spiro atoms. The normalized spacial score (nSPS) is 17.3. The number of benzene rings is 1. The zero-order valence-corrected chi connectivity index (χ0v) is 16.0. The predicted octanol–water partition coefficient (Wildman–Crippen LogP) is 2.37. The first kappa shape index (κ1) is 19.4. The molecule has 1 aliphatic rings. The maximum absolute atomic E-state index is 12.4. The molecule has 1 fully saturated rings. The summed E-state index contributed by atoms with van der Waals surface area (Å²) in [4.78, 5) is 0.145. The molecule has 8 heteroatoms. The van der Waals surface area contributed by atoms with Crippen LogP contribution >= 0.6 is 0 Å². The molecule has 0 aromatic heterocycles. The second kappa shape index (κ2) is 7.11. The van der Waals surface area contributed by atoms with Crippen molar-refractivity contribution in [1.82, 2.24) is 9.44 Å². The largest absolute Gasteiger partial charge is 0.241 e. The molecule has 0 bridgehead atoms. The van der Waals surface area contributed by atoms with Crippen LogP contribution in [0.4, 0.5) is 0 Å². The number of hydrogen-bond donors (Lipinski definition) is 2. The molecule has 24 heavy (non-hydrogen) atoms. The highest BCUT2D eigenvalue weighted by Crippen LogP contribution is 2.22. The minimum Gasteiger partial charge on any atom is -0.208 e. The van der Waals surface area contributed by atoms with Crippen molar-refractivity contribution in [3.8, 4) is 0 Å². The number of hydrogen-bond acceptors (Lipinski definition) is 4. The Morgan fingerprint density at radius 1 is 0.958 bits per heavy atom. The minimum atomic E-state index is -3.68. The van der Waals surface area contributed by atoms with E-state index in [0.717, 1.165) is 25.7 Å². The molecule has 0 heterocycles. The Labute approximate surface area is 145 Å². The zero-order chi connectivity index (χ0) is 18.0. The van der Waals surface area contributed by atoms with Crippen LogP contribution in [0.15, 0.2) is 34.1 Å². The van der Waals surface area contributed by atoms with Gasteiger partial charge in [-0.3, -0.25) is 0 Å². The summed E-state index contributed by atoms with van der Waals surface area (Å²) in [5.41, 5.74) is -0.562. The van der Waals surface area contributed by atoms with Crippen molar-refractivity contribution in [2.75, 3.05) is 0 Å². The molecule has 0 atom stereocenters. The Morgan fingerprint density at radius 3 is 1.88 bits per heavy atom. The smallest absolute Gasteiger partial charge is 0.208 e. The lowest BCUT2D eigenvalue weighted by molar-refractivity contribution is 0.439. The lowest BCUT2D eigenvalue weighted by Crippen LogP contribution is -2.42. The monoisotopic (exact) mass is 374 g/mol. The highest BCUT2D eigenvalue weighted by molar-refractivity contribution is 7.90. The van der Waals surface area contributed by atoms with Crippen LogP contribution in [0.1, 0.15) is 52.9 Å². The standard InChI is InChI=1S/C16H26N2O4S2/c1-4-16(2,3)18-24(21,22)15-11-9-14(10-12-15)23(19,20)17-13-7-5-6-8-13/h9-13,17-18H,4-8H2,1-3H3. The first-order valence-electron chi connectivity index (χ1n) is 8.22. The molecule has 0 saturated heterocycles. The van der Waals surface area contributed by atoms with E-state index >= 15 is 0 Å². The molecule has 136 valence electrons. The van der Waals surface area contributed by atoms with Crippen molar-refractivity contribution >= 4 is 20.0 Å². The highest BCUT2D eigenvalue weighted by atomic mass is 32.2. The van der Waals surface area contributed by atoms with Crippen molar-refractivity contribution in [2.24, 2.45) is 0 Å². The van der Waals surface area contributed by atoms with Crippen molar-refractivity contribution in [3.05, 3.63) is 24.3 Å². The van der Waals surface area contributed by atoms with Crippen LogP contribution in [0, 0.1) is 0 Å². The van der Waals surface area contributed by atoms with Gasteiger partial charge in [-0.1, -0.05) is 19.8 Å². The van der Waals surface area contributed by atoms with E-state index in [2.05, 4.69) is 9.44 Å². The lowest BCUT2D eigenvalue weighted by Gasteiger charge is -2.24. The first-order chi connectivity index (χ1) is 11.1. The van der Waals surface area contributed by atoms with Gasteiger partial charge in [0.05, 0.1) is 9.79 Å². The van der Waals surface area contributed by atoms with E-state index in [1.54, 1.807) is 13.8 Å². The molecule has 0 aliphatic heterocycles. The second-order valence-corrected chi connectivity index (χ2v) is 10.3. The summed E-state index contributed by atoms with van der Waals surface area (Å²) in [6.07, 6.45) is 4.40. The zero-order valence-electron chi connectivity index (χ0n) is 14.4. The van der Waals surface area contributed by atoms with Crippen LogP contribution in [0.2, 0.25) is 0 Å². The fraction of sp³-hybridized carbons (Fsp3) is 0.625. The van der Waals surface area contributed by atoms with E-state index in [1.807, 2.05) is 6.92 Å². The second-order valence-electron chi connectivity index (χ2n) is 6.92. The van der Waals surface area contributed by atoms with Crippen molar-refractivity contribution in [1.29, 1.82) is 0 Å². The van der Waals surface area contributed by atoms with Crippen LogP contribution in [0.3, 0.4) is 0 Å². The maximum atomic E-state index is 12.4. The number of rotatable bonds is 7. The van der Waals surface area contributed by atoms with Gasteiger partial charge in [-0.05, 0) is 57.4 Å². The van der Waals surface area contributed by atoms with Gasteiger partial charge in [-0.15, -0.1) is 0 Å². The topological polar surface area (TPSA) is 92.3 Å². The van der Waals surface area contributed by atoms with Crippen molar-refractivity contribution in [2.45, 2.75) is 74.2 Å². The quantitative estimate of drug-likeness (QED) is 0.766. The van der Waals surface area contributed by atoms with Gasteiger partial charge in [-0.25, -0.2) is 26.3 Å². The maximum Gasteiger partial charge on any atom is 0.241 e. The lowest BCUT2D eigenvalue weighted by atomic mass is 10.0. The van der Waals surface area contributed by atoms with Crippen LogP contribution in [0.25, 0.3) is 0 Å². The molecule has 6 nitrogen and oxygen atoms in total. The minimum absolute atomic E-state index is 0.0228. The van der Waals surface area contributed by atoms with Gasteiger partial charge in [0.1, 0.15) is 0 Å².